The molecule has 0 amide bonds. The molecule has 2 nitrogen and oxygen atoms in total. The first-order valence-corrected chi connectivity index (χ1v) is 6.13. The SMILES string of the molecule is CC(C)(C)OC(=O)C1CC2(CCCC2)C1. The highest BCUT2D eigenvalue weighted by Gasteiger charge is 2.49. The molecule has 0 aromatic rings. The summed E-state index contributed by atoms with van der Waals surface area (Å²) in [6.07, 6.45) is 7.57. The van der Waals surface area contributed by atoms with E-state index >= 15 is 0 Å². The Bertz CT molecular complexity index is 248. The van der Waals surface area contributed by atoms with E-state index in [4.69, 9.17) is 4.74 Å². The Morgan fingerprint density at radius 1 is 1.20 bits per heavy atom. The van der Waals surface area contributed by atoms with Crippen LogP contribution in [-0.4, -0.2) is 11.6 Å². The molecule has 0 aliphatic heterocycles. The van der Waals surface area contributed by atoms with E-state index in [0.717, 1.165) is 12.8 Å². The van der Waals surface area contributed by atoms with E-state index < -0.39 is 0 Å². The lowest BCUT2D eigenvalue weighted by Gasteiger charge is -2.44. The standard InChI is InChI=1S/C13H22O2/c1-12(2,3)15-11(14)10-8-13(9-10)6-4-5-7-13/h10H,4-9H2,1-3H3. The predicted octanol–water partition coefficient (Wildman–Crippen LogP) is 3.30. The summed E-state index contributed by atoms with van der Waals surface area (Å²) in [4.78, 5) is 11.8. The van der Waals surface area contributed by atoms with E-state index in [1.807, 2.05) is 20.8 Å². The zero-order valence-electron chi connectivity index (χ0n) is 10.1. The van der Waals surface area contributed by atoms with E-state index in [9.17, 15) is 4.79 Å². The van der Waals surface area contributed by atoms with Gasteiger partial charge in [-0.1, -0.05) is 12.8 Å². The summed E-state index contributed by atoms with van der Waals surface area (Å²) in [5, 5.41) is 0. The van der Waals surface area contributed by atoms with E-state index in [-0.39, 0.29) is 17.5 Å². The molecule has 0 saturated heterocycles. The van der Waals surface area contributed by atoms with Crippen molar-refractivity contribution in [3.05, 3.63) is 0 Å². The number of ether oxygens (including phenoxy) is 1. The molecule has 1 spiro atoms. The first-order chi connectivity index (χ1) is 6.90. The minimum Gasteiger partial charge on any atom is -0.460 e. The van der Waals surface area contributed by atoms with Crippen LogP contribution in [-0.2, 0) is 9.53 Å². The Balaban J connectivity index is 1.81. The van der Waals surface area contributed by atoms with Crippen LogP contribution in [0.1, 0.15) is 59.3 Å². The molecule has 0 unspecified atom stereocenters. The summed E-state index contributed by atoms with van der Waals surface area (Å²) in [5.74, 6) is 0.224. The second-order valence-corrected chi connectivity index (χ2v) is 6.35. The average Bonchev–Trinajstić information content (AvgIpc) is 2.44. The highest BCUT2D eigenvalue weighted by Crippen LogP contribution is 2.56. The molecular formula is C13H22O2. The van der Waals surface area contributed by atoms with Gasteiger partial charge >= 0.3 is 5.97 Å². The molecule has 2 heteroatoms. The minimum atomic E-state index is -0.324. The van der Waals surface area contributed by atoms with Gasteiger partial charge in [0.05, 0.1) is 5.92 Å². The Morgan fingerprint density at radius 2 is 1.73 bits per heavy atom. The lowest BCUT2D eigenvalue weighted by atomic mass is 9.61. The summed E-state index contributed by atoms with van der Waals surface area (Å²) in [6, 6.07) is 0. The number of esters is 1. The topological polar surface area (TPSA) is 26.3 Å². The second kappa shape index (κ2) is 3.50. The summed E-state index contributed by atoms with van der Waals surface area (Å²) in [5.41, 5.74) is 0.219. The van der Waals surface area contributed by atoms with Crippen LogP contribution in [0, 0.1) is 11.3 Å². The molecule has 2 fully saturated rings. The van der Waals surface area contributed by atoms with Gasteiger partial charge < -0.3 is 4.74 Å². The minimum absolute atomic E-state index is 0.0278. The smallest absolute Gasteiger partial charge is 0.309 e. The van der Waals surface area contributed by atoms with Gasteiger partial charge in [0.25, 0.3) is 0 Å². The molecule has 0 bridgehead atoms. The molecule has 2 aliphatic rings. The molecule has 2 aliphatic carbocycles. The summed E-state index contributed by atoms with van der Waals surface area (Å²) < 4.78 is 5.41. The lowest BCUT2D eigenvalue weighted by molar-refractivity contribution is -0.168. The van der Waals surface area contributed by atoms with Crippen molar-refractivity contribution in [1.29, 1.82) is 0 Å². The fourth-order valence-corrected chi connectivity index (χ4v) is 3.07. The van der Waals surface area contributed by atoms with Gasteiger partial charge in [0.2, 0.25) is 0 Å². The van der Waals surface area contributed by atoms with Crippen LogP contribution >= 0.6 is 0 Å². The fourth-order valence-electron chi connectivity index (χ4n) is 3.07. The maximum absolute atomic E-state index is 11.8. The van der Waals surface area contributed by atoms with Crippen molar-refractivity contribution in [2.75, 3.05) is 0 Å². The highest BCUT2D eigenvalue weighted by atomic mass is 16.6. The number of carbonyl (C=O) groups is 1. The van der Waals surface area contributed by atoms with Gasteiger partial charge in [-0.05, 0) is 51.9 Å². The lowest BCUT2D eigenvalue weighted by Crippen LogP contribution is -2.42. The quantitative estimate of drug-likeness (QED) is 0.621. The van der Waals surface area contributed by atoms with Gasteiger partial charge in [-0.25, -0.2) is 0 Å². The van der Waals surface area contributed by atoms with Gasteiger partial charge in [-0.15, -0.1) is 0 Å². The Labute approximate surface area is 92.4 Å². The number of rotatable bonds is 1. The van der Waals surface area contributed by atoms with Crippen molar-refractivity contribution in [3.8, 4) is 0 Å². The van der Waals surface area contributed by atoms with Crippen molar-refractivity contribution in [2.24, 2.45) is 11.3 Å². The second-order valence-electron chi connectivity index (χ2n) is 6.35. The van der Waals surface area contributed by atoms with E-state index in [1.54, 1.807) is 0 Å². The molecule has 0 radical (unpaired) electrons. The van der Waals surface area contributed by atoms with Crippen LogP contribution in [0.25, 0.3) is 0 Å². The van der Waals surface area contributed by atoms with Crippen molar-refractivity contribution in [3.63, 3.8) is 0 Å². The van der Waals surface area contributed by atoms with Gasteiger partial charge in [0, 0.05) is 0 Å². The molecule has 0 N–H and O–H groups in total. The van der Waals surface area contributed by atoms with E-state index in [0.29, 0.717) is 5.41 Å². The van der Waals surface area contributed by atoms with Crippen molar-refractivity contribution < 1.29 is 9.53 Å². The van der Waals surface area contributed by atoms with Crippen LogP contribution in [0.15, 0.2) is 0 Å². The van der Waals surface area contributed by atoms with Gasteiger partial charge in [-0.2, -0.15) is 0 Å². The Kier molecular flexibility index (Phi) is 2.56. The van der Waals surface area contributed by atoms with Crippen LogP contribution in [0.4, 0.5) is 0 Å². The largest absolute Gasteiger partial charge is 0.460 e. The molecule has 0 atom stereocenters. The maximum atomic E-state index is 11.8. The molecule has 2 saturated carbocycles. The van der Waals surface area contributed by atoms with Gasteiger partial charge in [-0.3, -0.25) is 4.79 Å². The number of hydrogen-bond donors (Lipinski definition) is 0. The Hall–Kier alpha value is -0.530. The normalized spacial score (nSPS) is 25.3. The van der Waals surface area contributed by atoms with Crippen LogP contribution in [0.2, 0.25) is 0 Å². The average molecular weight is 210 g/mol. The summed E-state index contributed by atoms with van der Waals surface area (Å²) in [7, 11) is 0. The number of carbonyl (C=O) groups excluding carboxylic acids is 1. The molecule has 86 valence electrons. The third-order valence-corrected chi connectivity index (χ3v) is 3.76. The summed E-state index contributed by atoms with van der Waals surface area (Å²) >= 11 is 0. The van der Waals surface area contributed by atoms with Crippen LogP contribution in [0.3, 0.4) is 0 Å². The zero-order valence-corrected chi connectivity index (χ0v) is 10.1. The molecule has 15 heavy (non-hydrogen) atoms. The van der Waals surface area contributed by atoms with Gasteiger partial charge in [0.15, 0.2) is 0 Å². The first-order valence-electron chi connectivity index (χ1n) is 6.13. The van der Waals surface area contributed by atoms with Crippen molar-refractivity contribution in [2.45, 2.75) is 64.9 Å². The van der Waals surface area contributed by atoms with Crippen molar-refractivity contribution >= 4 is 5.97 Å². The molecule has 0 aromatic heterocycles. The molecule has 2 rings (SSSR count). The zero-order chi connectivity index (χ0) is 11.1. The highest BCUT2D eigenvalue weighted by molar-refractivity contribution is 5.74. The first kappa shape index (κ1) is 11.0. The Morgan fingerprint density at radius 3 is 2.20 bits per heavy atom. The van der Waals surface area contributed by atoms with Gasteiger partial charge in [0.1, 0.15) is 5.60 Å². The maximum Gasteiger partial charge on any atom is 0.309 e. The van der Waals surface area contributed by atoms with E-state index in [1.165, 1.54) is 25.7 Å². The van der Waals surface area contributed by atoms with Crippen molar-refractivity contribution in [1.82, 2.24) is 0 Å². The van der Waals surface area contributed by atoms with Crippen LogP contribution < -0.4 is 0 Å². The molecule has 0 heterocycles. The number of hydrogen-bond acceptors (Lipinski definition) is 2. The monoisotopic (exact) mass is 210 g/mol. The fraction of sp³-hybridized carbons (Fsp3) is 0.923. The summed E-state index contributed by atoms with van der Waals surface area (Å²) in [6.45, 7) is 5.82. The molecular weight excluding hydrogens is 188 g/mol. The molecule has 0 aromatic carbocycles. The predicted molar refractivity (Wildman–Crippen MR) is 59.5 cm³/mol. The third kappa shape index (κ3) is 2.35. The third-order valence-electron chi connectivity index (χ3n) is 3.76. The van der Waals surface area contributed by atoms with E-state index in [2.05, 4.69) is 0 Å². The van der Waals surface area contributed by atoms with Crippen LogP contribution in [0.5, 0.6) is 0 Å².